The Kier molecular flexibility index (Phi) is 61.2. The Morgan fingerprint density at radius 3 is 1.18 bits per heavy atom. The quantitative estimate of drug-likeness (QED) is 0.0195. The van der Waals surface area contributed by atoms with Crippen molar-refractivity contribution in [2.45, 2.75) is 384 Å². The molecule has 89 heavy (non-hydrogen) atoms. The van der Waals surface area contributed by atoms with Crippen molar-refractivity contribution in [3.63, 3.8) is 0 Å². The van der Waals surface area contributed by atoms with E-state index in [4.69, 9.17) is 14.2 Å². The SMILES string of the molecule is CCCCC/C=C\C/C=C\C/C=C\CCCCCCCCCCCCCCC(=O)OC1C(OCC(NC(=O)C(O)CCCCCCCCCCC/C=C\C/C=C\C/C=C\CCCCC)C(O)/C=C/CCCCCCCCCCCCC)OC(CO)C(O)C1O. The van der Waals surface area contributed by atoms with Gasteiger partial charge in [0.25, 0.3) is 0 Å². The van der Waals surface area contributed by atoms with E-state index in [2.05, 4.69) is 99.0 Å². The zero-order valence-corrected chi connectivity index (χ0v) is 57.5. The minimum Gasteiger partial charge on any atom is -0.454 e. The Labute approximate surface area is 546 Å². The van der Waals surface area contributed by atoms with Crippen molar-refractivity contribution in [2.24, 2.45) is 0 Å². The summed E-state index contributed by atoms with van der Waals surface area (Å²) in [5, 5.41) is 57.4. The Balaban J connectivity index is 2.57. The van der Waals surface area contributed by atoms with E-state index < -0.39 is 67.4 Å². The van der Waals surface area contributed by atoms with E-state index in [9.17, 15) is 35.1 Å². The highest BCUT2D eigenvalue weighted by atomic mass is 16.7. The summed E-state index contributed by atoms with van der Waals surface area (Å²) in [5.41, 5.74) is 0. The van der Waals surface area contributed by atoms with Crippen LogP contribution in [0, 0.1) is 0 Å². The van der Waals surface area contributed by atoms with Gasteiger partial charge in [-0.3, -0.25) is 9.59 Å². The molecule has 1 saturated heterocycles. The van der Waals surface area contributed by atoms with Gasteiger partial charge in [0.05, 0.1) is 25.4 Å². The molecule has 0 aliphatic carbocycles. The first-order chi connectivity index (χ1) is 43.7. The minimum atomic E-state index is -1.62. The van der Waals surface area contributed by atoms with E-state index in [1.807, 2.05) is 6.08 Å². The van der Waals surface area contributed by atoms with Crippen LogP contribution in [-0.4, -0.2) is 99.6 Å². The van der Waals surface area contributed by atoms with Crippen molar-refractivity contribution < 1.29 is 49.3 Å². The smallest absolute Gasteiger partial charge is 0.306 e. The fourth-order valence-electron chi connectivity index (χ4n) is 11.4. The van der Waals surface area contributed by atoms with Gasteiger partial charge < -0.3 is 45.1 Å². The van der Waals surface area contributed by atoms with Crippen LogP contribution in [0.3, 0.4) is 0 Å². The standard InChI is InChI=1S/C78H139NO10/c1-4-7-10-13-16-19-22-25-27-29-31-33-35-36-37-39-41-43-45-48-51-54-57-60-63-66-73(83)89-76-75(85)74(84)72(67-80)88-78(76)87-68-69(70(81)64-61-58-55-52-49-46-24-21-18-15-12-9-6-3)79-77(86)71(82)65-62-59-56-53-50-47-44-42-40-38-34-32-30-28-26-23-20-17-14-11-8-5-2/h16-17,19-20,25-28,31-34,61,64,69-72,74-76,78,80-82,84-85H,4-15,18,21-24,29-30,35-60,62-63,65-68H2,1-3H3,(H,79,86)/b19-16-,20-17-,27-25-,28-26-,33-31-,34-32-,64-61+. The second-order valence-electron chi connectivity index (χ2n) is 25.7. The molecule has 1 aliphatic heterocycles. The van der Waals surface area contributed by atoms with Gasteiger partial charge in [-0.25, -0.2) is 0 Å². The number of hydrogen-bond acceptors (Lipinski definition) is 10. The molecule has 516 valence electrons. The van der Waals surface area contributed by atoms with Crippen LogP contribution in [0.5, 0.6) is 0 Å². The van der Waals surface area contributed by atoms with Crippen LogP contribution in [0.2, 0.25) is 0 Å². The molecule has 1 heterocycles. The first-order valence-corrected chi connectivity index (χ1v) is 37.4. The number of aliphatic hydroxyl groups excluding tert-OH is 5. The van der Waals surface area contributed by atoms with Gasteiger partial charge in [-0.2, -0.15) is 0 Å². The van der Waals surface area contributed by atoms with Crippen LogP contribution < -0.4 is 5.32 Å². The van der Waals surface area contributed by atoms with Gasteiger partial charge in [0, 0.05) is 6.42 Å². The van der Waals surface area contributed by atoms with Gasteiger partial charge in [-0.1, -0.05) is 311 Å². The van der Waals surface area contributed by atoms with Crippen LogP contribution in [0.1, 0.15) is 335 Å². The van der Waals surface area contributed by atoms with Crippen molar-refractivity contribution in [1.82, 2.24) is 5.32 Å². The van der Waals surface area contributed by atoms with Gasteiger partial charge in [0.1, 0.15) is 24.4 Å². The third-order valence-electron chi connectivity index (χ3n) is 17.3. The van der Waals surface area contributed by atoms with Crippen molar-refractivity contribution in [2.75, 3.05) is 13.2 Å². The lowest BCUT2D eigenvalue weighted by atomic mass is 9.99. The average molecular weight is 1250 g/mol. The molecular formula is C78H139NO10. The number of aliphatic hydroxyl groups is 5. The van der Waals surface area contributed by atoms with E-state index in [1.54, 1.807) is 6.08 Å². The summed E-state index contributed by atoms with van der Waals surface area (Å²) >= 11 is 0. The fourth-order valence-corrected chi connectivity index (χ4v) is 11.4. The number of nitrogens with one attached hydrogen (secondary N) is 1. The van der Waals surface area contributed by atoms with E-state index in [-0.39, 0.29) is 19.4 Å². The number of amides is 1. The third kappa shape index (κ3) is 52.0. The summed E-state index contributed by atoms with van der Waals surface area (Å²) in [6, 6.07) is -1.03. The van der Waals surface area contributed by atoms with Gasteiger partial charge in [-0.05, 0) is 103 Å². The molecule has 0 aromatic carbocycles. The Morgan fingerprint density at radius 2 is 0.775 bits per heavy atom. The van der Waals surface area contributed by atoms with E-state index in [0.717, 1.165) is 89.9 Å². The van der Waals surface area contributed by atoms with Crippen LogP contribution >= 0.6 is 0 Å². The molecule has 0 bridgehead atoms. The molecule has 0 aromatic rings. The number of rotatable bonds is 64. The summed E-state index contributed by atoms with van der Waals surface area (Å²) in [7, 11) is 0. The molecule has 1 amide bonds. The number of hydrogen-bond donors (Lipinski definition) is 6. The lowest BCUT2D eigenvalue weighted by molar-refractivity contribution is -0.305. The zero-order valence-electron chi connectivity index (χ0n) is 57.5. The molecule has 8 unspecified atom stereocenters. The summed E-state index contributed by atoms with van der Waals surface area (Å²) in [6.45, 7) is 5.77. The molecule has 0 saturated carbocycles. The summed E-state index contributed by atoms with van der Waals surface area (Å²) < 4.78 is 17.7. The maximum Gasteiger partial charge on any atom is 0.306 e. The number of allylic oxidation sites excluding steroid dienone is 13. The van der Waals surface area contributed by atoms with Crippen molar-refractivity contribution in [1.29, 1.82) is 0 Å². The Hall–Kier alpha value is -3.16. The van der Waals surface area contributed by atoms with Crippen LogP contribution in [0.4, 0.5) is 0 Å². The lowest BCUT2D eigenvalue weighted by Crippen LogP contribution is -2.61. The monoisotopic (exact) mass is 1250 g/mol. The van der Waals surface area contributed by atoms with E-state index >= 15 is 0 Å². The summed E-state index contributed by atoms with van der Waals surface area (Å²) in [4.78, 5) is 26.7. The molecule has 0 radical (unpaired) electrons. The van der Waals surface area contributed by atoms with E-state index in [1.165, 1.54) is 199 Å². The molecular weight excluding hydrogens is 1110 g/mol. The number of ether oxygens (including phenoxy) is 3. The predicted molar refractivity (Wildman–Crippen MR) is 375 cm³/mol. The first-order valence-electron chi connectivity index (χ1n) is 37.4. The van der Waals surface area contributed by atoms with Crippen molar-refractivity contribution >= 4 is 11.9 Å². The Bertz CT molecular complexity index is 1780. The summed E-state index contributed by atoms with van der Waals surface area (Å²) in [6.07, 6.45) is 76.1. The second kappa shape index (κ2) is 64.9. The van der Waals surface area contributed by atoms with Crippen LogP contribution in [0.15, 0.2) is 85.1 Å². The van der Waals surface area contributed by atoms with Crippen LogP contribution in [-0.2, 0) is 23.8 Å². The topological polar surface area (TPSA) is 175 Å². The second-order valence-corrected chi connectivity index (χ2v) is 25.7. The van der Waals surface area contributed by atoms with Gasteiger partial charge in [-0.15, -0.1) is 0 Å². The Morgan fingerprint density at radius 1 is 0.438 bits per heavy atom. The molecule has 0 spiro atoms. The molecule has 1 fully saturated rings. The zero-order chi connectivity index (χ0) is 64.6. The van der Waals surface area contributed by atoms with Gasteiger partial charge >= 0.3 is 5.97 Å². The number of carbonyl (C=O) groups excluding carboxylic acids is 2. The molecule has 11 heteroatoms. The highest BCUT2D eigenvalue weighted by Gasteiger charge is 2.47. The van der Waals surface area contributed by atoms with Gasteiger partial charge in [0.15, 0.2) is 12.4 Å². The molecule has 11 nitrogen and oxygen atoms in total. The molecule has 1 aliphatic rings. The first kappa shape index (κ1) is 83.9. The van der Waals surface area contributed by atoms with E-state index in [0.29, 0.717) is 12.8 Å². The highest BCUT2D eigenvalue weighted by Crippen LogP contribution is 2.26. The predicted octanol–water partition coefficient (Wildman–Crippen LogP) is 19.6. The molecule has 6 N–H and O–H groups in total. The number of esters is 1. The molecule has 1 rings (SSSR count). The molecule has 0 aromatic heterocycles. The summed E-state index contributed by atoms with van der Waals surface area (Å²) in [5.74, 6) is -1.19. The highest BCUT2D eigenvalue weighted by molar-refractivity contribution is 5.80. The normalized spacial score (nSPS) is 18.6. The van der Waals surface area contributed by atoms with Gasteiger partial charge in [0.2, 0.25) is 5.91 Å². The maximum atomic E-state index is 13.5. The number of unbranched alkanes of at least 4 members (excludes halogenated alkanes) is 38. The third-order valence-corrected chi connectivity index (χ3v) is 17.3. The molecule has 8 atom stereocenters. The van der Waals surface area contributed by atoms with Crippen LogP contribution in [0.25, 0.3) is 0 Å². The minimum absolute atomic E-state index is 0.119. The largest absolute Gasteiger partial charge is 0.454 e. The lowest BCUT2D eigenvalue weighted by Gasteiger charge is -2.41. The fraction of sp³-hybridized carbons (Fsp3) is 0.795. The maximum absolute atomic E-state index is 13.5. The number of carbonyl (C=O) groups is 2. The van der Waals surface area contributed by atoms with Crippen molar-refractivity contribution in [3.8, 4) is 0 Å². The van der Waals surface area contributed by atoms with Crippen molar-refractivity contribution in [3.05, 3.63) is 85.1 Å². The average Bonchev–Trinajstić information content (AvgIpc) is 1.80.